The molecule has 0 unspecified atom stereocenters. The number of hydrogen-bond acceptors (Lipinski definition) is 3. The Morgan fingerprint density at radius 3 is 2.60 bits per heavy atom. The van der Waals surface area contributed by atoms with Gasteiger partial charge in [0.25, 0.3) is 0 Å². The number of methoxy groups -OCH3 is 1. The zero-order valence-electron chi connectivity index (χ0n) is 10.6. The highest BCUT2D eigenvalue weighted by molar-refractivity contribution is 5.82. The average molecular weight is 275 g/mol. The molecule has 0 fully saturated rings. The molecule has 0 saturated carbocycles. The molecule has 3 N–H and O–H groups in total. The van der Waals surface area contributed by atoms with E-state index in [9.17, 15) is 8.78 Å². The van der Waals surface area contributed by atoms with Crippen molar-refractivity contribution in [2.45, 2.75) is 0 Å². The second kappa shape index (κ2) is 4.48. The van der Waals surface area contributed by atoms with Gasteiger partial charge in [-0.2, -0.15) is 0 Å². The first-order valence-corrected chi connectivity index (χ1v) is 5.87. The molecular formula is C14H11F2N3O. The van der Waals surface area contributed by atoms with E-state index < -0.39 is 11.6 Å². The maximum atomic E-state index is 13.2. The molecule has 6 heteroatoms. The minimum Gasteiger partial charge on any atom is -0.497 e. The molecule has 0 spiro atoms. The molecule has 1 aromatic heterocycles. The van der Waals surface area contributed by atoms with Crippen LogP contribution in [0.15, 0.2) is 30.3 Å². The number of ether oxygens (including phenoxy) is 1. The monoisotopic (exact) mass is 275 g/mol. The Bertz CT molecular complexity index is 759. The van der Waals surface area contributed by atoms with Gasteiger partial charge in [0, 0.05) is 29.4 Å². The number of nitrogens with zero attached hydrogens (tertiary/aromatic N) is 1. The number of H-pyrrole nitrogens is 1. The molecule has 0 aliphatic carbocycles. The first-order valence-electron chi connectivity index (χ1n) is 5.87. The van der Waals surface area contributed by atoms with E-state index in [1.54, 1.807) is 25.3 Å². The van der Waals surface area contributed by atoms with Gasteiger partial charge in [0.2, 0.25) is 0 Å². The first-order chi connectivity index (χ1) is 9.58. The third-order valence-electron chi connectivity index (χ3n) is 3.04. The zero-order chi connectivity index (χ0) is 14.3. The second-order valence-electron chi connectivity index (χ2n) is 4.32. The summed E-state index contributed by atoms with van der Waals surface area (Å²) in [4.78, 5) is 7.14. The Balaban J connectivity index is 2.15. The minimum atomic E-state index is -0.932. The summed E-state index contributed by atoms with van der Waals surface area (Å²) in [6.07, 6.45) is 0. The highest BCUT2D eigenvalue weighted by Crippen LogP contribution is 2.29. The highest BCUT2D eigenvalue weighted by Gasteiger charge is 2.12. The molecule has 0 amide bonds. The lowest BCUT2D eigenvalue weighted by molar-refractivity contribution is 0.415. The summed E-state index contributed by atoms with van der Waals surface area (Å²) in [6, 6.07) is 7.24. The lowest BCUT2D eigenvalue weighted by Gasteiger charge is -2.05. The highest BCUT2D eigenvalue weighted by atomic mass is 19.2. The number of aromatic nitrogens is 2. The van der Waals surface area contributed by atoms with Crippen molar-refractivity contribution in [2.75, 3.05) is 12.8 Å². The van der Waals surface area contributed by atoms with Gasteiger partial charge in [-0.15, -0.1) is 0 Å². The van der Waals surface area contributed by atoms with Gasteiger partial charge < -0.3 is 15.5 Å². The van der Waals surface area contributed by atoms with Gasteiger partial charge in [0.05, 0.1) is 18.1 Å². The van der Waals surface area contributed by atoms with E-state index in [0.29, 0.717) is 33.9 Å². The van der Waals surface area contributed by atoms with Crippen LogP contribution in [0.1, 0.15) is 0 Å². The summed E-state index contributed by atoms with van der Waals surface area (Å²) in [5, 5.41) is 0. The topological polar surface area (TPSA) is 63.9 Å². The molecule has 0 atom stereocenters. The Kier molecular flexibility index (Phi) is 2.78. The van der Waals surface area contributed by atoms with Crippen molar-refractivity contribution in [1.82, 2.24) is 9.97 Å². The molecule has 0 aliphatic heterocycles. The van der Waals surface area contributed by atoms with Crippen LogP contribution in [0.3, 0.4) is 0 Å². The van der Waals surface area contributed by atoms with Gasteiger partial charge in [-0.3, -0.25) is 0 Å². The Labute approximate surface area is 113 Å². The standard InChI is InChI=1S/C14H11F2N3O/c1-20-7-2-3-8(11(17)4-7)14-18-12-5-9(15)10(16)6-13(12)19-14/h2-6H,17H2,1H3,(H,18,19). The molecule has 102 valence electrons. The number of benzene rings is 2. The molecule has 3 aromatic rings. The number of halogens is 2. The smallest absolute Gasteiger partial charge is 0.161 e. The van der Waals surface area contributed by atoms with Crippen molar-refractivity contribution in [3.05, 3.63) is 42.0 Å². The number of nitrogens with one attached hydrogen (secondary N) is 1. The minimum absolute atomic E-state index is 0.342. The largest absolute Gasteiger partial charge is 0.497 e. The van der Waals surface area contributed by atoms with Crippen LogP contribution in [0.2, 0.25) is 0 Å². The van der Waals surface area contributed by atoms with Crippen LogP contribution >= 0.6 is 0 Å². The maximum absolute atomic E-state index is 13.2. The Hall–Kier alpha value is -2.63. The number of fused-ring (bicyclic) bond motifs is 1. The number of rotatable bonds is 2. The van der Waals surface area contributed by atoms with Crippen molar-refractivity contribution in [3.63, 3.8) is 0 Å². The lowest BCUT2D eigenvalue weighted by Crippen LogP contribution is -1.93. The summed E-state index contributed by atoms with van der Waals surface area (Å²) >= 11 is 0. The quantitative estimate of drug-likeness (QED) is 0.706. The van der Waals surface area contributed by atoms with Gasteiger partial charge >= 0.3 is 0 Å². The van der Waals surface area contributed by atoms with Crippen LogP contribution in [-0.4, -0.2) is 17.1 Å². The molecule has 0 saturated heterocycles. The van der Waals surface area contributed by atoms with Crippen LogP contribution in [0.5, 0.6) is 5.75 Å². The third kappa shape index (κ3) is 1.95. The van der Waals surface area contributed by atoms with E-state index in [-0.39, 0.29) is 0 Å². The summed E-state index contributed by atoms with van der Waals surface area (Å²) in [7, 11) is 1.54. The summed E-state index contributed by atoms with van der Waals surface area (Å²) < 4.78 is 31.4. The van der Waals surface area contributed by atoms with E-state index in [2.05, 4.69) is 9.97 Å². The van der Waals surface area contributed by atoms with E-state index in [4.69, 9.17) is 10.5 Å². The Morgan fingerprint density at radius 1 is 1.15 bits per heavy atom. The molecule has 0 aliphatic rings. The van der Waals surface area contributed by atoms with Crippen LogP contribution in [0.4, 0.5) is 14.5 Å². The zero-order valence-corrected chi connectivity index (χ0v) is 10.6. The molecule has 20 heavy (non-hydrogen) atoms. The molecule has 0 radical (unpaired) electrons. The number of hydrogen-bond donors (Lipinski definition) is 2. The van der Waals surface area contributed by atoms with E-state index >= 15 is 0 Å². The fourth-order valence-corrected chi connectivity index (χ4v) is 2.02. The average Bonchev–Trinajstić information content (AvgIpc) is 2.81. The van der Waals surface area contributed by atoms with Crippen molar-refractivity contribution in [1.29, 1.82) is 0 Å². The summed E-state index contributed by atoms with van der Waals surface area (Å²) in [5.74, 6) is -0.779. The fourth-order valence-electron chi connectivity index (χ4n) is 2.02. The van der Waals surface area contributed by atoms with Crippen LogP contribution < -0.4 is 10.5 Å². The van der Waals surface area contributed by atoms with Gasteiger partial charge in [-0.1, -0.05) is 0 Å². The van der Waals surface area contributed by atoms with Gasteiger partial charge in [0.1, 0.15) is 11.6 Å². The van der Waals surface area contributed by atoms with Crippen LogP contribution in [0.25, 0.3) is 22.4 Å². The molecular weight excluding hydrogens is 264 g/mol. The molecule has 1 heterocycles. The maximum Gasteiger partial charge on any atom is 0.161 e. The van der Waals surface area contributed by atoms with Crippen molar-refractivity contribution in [2.24, 2.45) is 0 Å². The Morgan fingerprint density at radius 2 is 1.90 bits per heavy atom. The normalized spacial score (nSPS) is 10.9. The van der Waals surface area contributed by atoms with Crippen LogP contribution in [0, 0.1) is 11.6 Å². The van der Waals surface area contributed by atoms with Crippen molar-refractivity contribution >= 4 is 16.7 Å². The van der Waals surface area contributed by atoms with Gasteiger partial charge in [-0.25, -0.2) is 13.8 Å². The summed E-state index contributed by atoms with van der Waals surface area (Å²) in [5.41, 5.74) is 7.78. The molecule has 0 bridgehead atoms. The number of nitrogens with two attached hydrogens (primary N) is 1. The predicted octanol–water partition coefficient (Wildman–Crippen LogP) is 3.10. The lowest BCUT2D eigenvalue weighted by atomic mass is 10.1. The summed E-state index contributed by atoms with van der Waals surface area (Å²) in [6.45, 7) is 0. The predicted molar refractivity (Wildman–Crippen MR) is 72.4 cm³/mol. The van der Waals surface area contributed by atoms with E-state index in [1.807, 2.05) is 0 Å². The second-order valence-corrected chi connectivity index (χ2v) is 4.32. The van der Waals surface area contributed by atoms with Crippen molar-refractivity contribution in [3.8, 4) is 17.1 Å². The first kappa shape index (κ1) is 12.4. The molecule has 4 nitrogen and oxygen atoms in total. The number of nitrogen functional groups attached to an aromatic ring is 1. The third-order valence-corrected chi connectivity index (χ3v) is 3.04. The van der Waals surface area contributed by atoms with Crippen LogP contribution in [-0.2, 0) is 0 Å². The molecule has 3 rings (SSSR count). The van der Waals surface area contributed by atoms with E-state index in [1.165, 1.54) is 0 Å². The van der Waals surface area contributed by atoms with Gasteiger partial charge in [-0.05, 0) is 12.1 Å². The number of aromatic amines is 1. The number of anilines is 1. The number of imidazole rings is 1. The van der Waals surface area contributed by atoms with Crippen molar-refractivity contribution < 1.29 is 13.5 Å². The fraction of sp³-hybridized carbons (Fsp3) is 0.0714. The SMILES string of the molecule is COc1ccc(-c2nc3cc(F)c(F)cc3[nH]2)c(N)c1. The molecule has 2 aromatic carbocycles. The van der Waals surface area contributed by atoms with Gasteiger partial charge in [0.15, 0.2) is 11.6 Å². The van der Waals surface area contributed by atoms with E-state index in [0.717, 1.165) is 12.1 Å².